The van der Waals surface area contributed by atoms with Crippen molar-refractivity contribution in [2.45, 2.75) is 13.5 Å². The average Bonchev–Trinajstić information content (AvgIpc) is 2.52. The number of ether oxygens (including phenoxy) is 1. The molecule has 1 rings (SSSR count). The molecule has 0 saturated heterocycles. The Morgan fingerprint density at radius 3 is 3.08 bits per heavy atom. The van der Waals surface area contributed by atoms with Gasteiger partial charge in [0.1, 0.15) is 12.4 Å². The first-order valence-electron chi connectivity index (χ1n) is 4.59. The van der Waals surface area contributed by atoms with Crippen LogP contribution in [0.4, 0.5) is 0 Å². The van der Waals surface area contributed by atoms with Gasteiger partial charge in [0.05, 0.1) is 6.61 Å². The lowest BCUT2D eigenvalue weighted by molar-refractivity contribution is 0.116. The summed E-state index contributed by atoms with van der Waals surface area (Å²) in [5.41, 5.74) is 0. The minimum Gasteiger partial charge on any atom is -0.372 e. The van der Waals surface area contributed by atoms with E-state index >= 15 is 0 Å². The summed E-state index contributed by atoms with van der Waals surface area (Å²) in [6.45, 7) is 5.31. The third kappa shape index (κ3) is 3.57. The predicted octanol–water partition coefficient (Wildman–Crippen LogP) is 0.546. The molecule has 0 spiro atoms. The molecule has 0 saturated carbocycles. The predicted molar refractivity (Wildman–Crippen MR) is 51.4 cm³/mol. The Kier molecular flexibility index (Phi) is 4.49. The molecule has 4 heteroatoms. The number of hydrogen-bond donors (Lipinski definition) is 1. The molecule has 1 heterocycles. The molecular formula is C9H17N3O. The molecule has 0 aliphatic heterocycles. The lowest BCUT2D eigenvalue weighted by Gasteiger charge is -2.04. The van der Waals surface area contributed by atoms with Gasteiger partial charge in [-0.05, 0) is 6.54 Å². The first kappa shape index (κ1) is 10.2. The monoisotopic (exact) mass is 183 g/mol. The van der Waals surface area contributed by atoms with E-state index in [4.69, 9.17) is 4.74 Å². The second kappa shape index (κ2) is 5.72. The molecule has 0 aliphatic rings. The summed E-state index contributed by atoms with van der Waals surface area (Å²) in [4.78, 5) is 4.15. The summed E-state index contributed by atoms with van der Waals surface area (Å²) in [5.74, 6) is 0.969. The van der Waals surface area contributed by atoms with Crippen molar-refractivity contribution in [1.82, 2.24) is 14.9 Å². The van der Waals surface area contributed by atoms with E-state index in [1.165, 1.54) is 0 Å². The van der Waals surface area contributed by atoms with Crippen molar-refractivity contribution in [3.8, 4) is 0 Å². The fourth-order valence-electron chi connectivity index (χ4n) is 1.02. The number of aryl methyl sites for hydroxylation is 1. The second-order valence-corrected chi connectivity index (χ2v) is 2.86. The highest BCUT2D eigenvalue weighted by Crippen LogP contribution is 1.95. The fraction of sp³-hybridized carbons (Fsp3) is 0.667. The first-order chi connectivity index (χ1) is 6.34. The lowest BCUT2D eigenvalue weighted by Crippen LogP contribution is -2.19. The summed E-state index contributed by atoms with van der Waals surface area (Å²) in [6, 6.07) is 0. The maximum Gasteiger partial charge on any atom is 0.134 e. The van der Waals surface area contributed by atoms with Crippen molar-refractivity contribution in [2.24, 2.45) is 7.05 Å². The van der Waals surface area contributed by atoms with Gasteiger partial charge in [0, 0.05) is 26.0 Å². The SMILES string of the molecule is CCNCCOCc1nccn1C. The van der Waals surface area contributed by atoms with Gasteiger partial charge in [-0.15, -0.1) is 0 Å². The van der Waals surface area contributed by atoms with Crippen LogP contribution in [0.25, 0.3) is 0 Å². The zero-order valence-electron chi connectivity index (χ0n) is 8.29. The van der Waals surface area contributed by atoms with Gasteiger partial charge in [-0.2, -0.15) is 0 Å². The fourth-order valence-corrected chi connectivity index (χ4v) is 1.02. The number of nitrogens with one attached hydrogen (secondary N) is 1. The van der Waals surface area contributed by atoms with Crippen LogP contribution in [0.3, 0.4) is 0 Å². The van der Waals surface area contributed by atoms with E-state index in [1.807, 2.05) is 17.8 Å². The molecule has 0 fully saturated rings. The number of aromatic nitrogens is 2. The van der Waals surface area contributed by atoms with Crippen LogP contribution in [-0.4, -0.2) is 29.2 Å². The Hall–Kier alpha value is -0.870. The number of hydrogen-bond acceptors (Lipinski definition) is 3. The van der Waals surface area contributed by atoms with Gasteiger partial charge < -0.3 is 14.6 Å². The van der Waals surface area contributed by atoms with Crippen LogP contribution in [-0.2, 0) is 18.4 Å². The summed E-state index contributed by atoms with van der Waals surface area (Å²) >= 11 is 0. The van der Waals surface area contributed by atoms with Gasteiger partial charge in [-0.25, -0.2) is 4.98 Å². The van der Waals surface area contributed by atoms with E-state index < -0.39 is 0 Å². The van der Waals surface area contributed by atoms with Crippen LogP contribution in [0.5, 0.6) is 0 Å². The van der Waals surface area contributed by atoms with Gasteiger partial charge in [-0.1, -0.05) is 6.92 Å². The van der Waals surface area contributed by atoms with Crippen molar-refractivity contribution in [2.75, 3.05) is 19.7 Å². The number of rotatable bonds is 6. The van der Waals surface area contributed by atoms with E-state index in [2.05, 4.69) is 17.2 Å². The maximum absolute atomic E-state index is 5.42. The van der Waals surface area contributed by atoms with Crippen LogP contribution in [0, 0.1) is 0 Å². The van der Waals surface area contributed by atoms with Crippen molar-refractivity contribution >= 4 is 0 Å². The summed E-state index contributed by atoms with van der Waals surface area (Å²) in [7, 11) is 1.97. The molecule has 1 N–H and O–H groups in total. The number of nitrogens with zero attached hydrogens (tertiary/aromatic N) is 2. The van der Waals surface area contributed by atoms with E-state index in [-0.39, 0.29) is 0 Å². The van der Waals surface area contributed by atoms with Crippen LogP contribution in [0.1, 0.15) is 12.7 Å². The molecule has 0 aliphatic carbocycles. The lowest BCUT2D eigenvalue weighted by atomic mass is 10.6. The van der Waals surface area contributed by atoms with Crippen LogP contribution < -0.4 is 5.32 Å². The maximum atomic E-state index is 5.42. The molecule has 0 aromatic carbocycles. The van der Waals surface area contributed by atoms with Crippen molar-refractivity contribution < 1.29 is 4.74 Å². The molecule has 74 valence electrons. The van der Waals surface area contributed by atoms with E-state index in [1.54, 1.807) is 6.20 Å². The minimum atomic E-state index is 0.592. The normalized spacial score (nSPS) is 10.6. The highest BCUT2D eigenvalue weighted by molar-refractivity contribution is 4.88. The zero-order chi connectivity index (χ0) is 9.52. The van der Waals surface area contributed by atoms with E-state index in [0.29, 0.717) is 6.61 Å². The number of likely N-dealkylation sites (N-methyl/N-ethyl adjacent to an activating group) is 1. The molecule has 4 nitrogen and oxygen atoms in total. The topological polar surface area (TPSA) is 39.1 Å². The van der Waals surface area contributed by atoms with Crippen LogP contribution >= 0.6 is 0 Å². The Bertz CT molecular complexity index is 235. The Balaban J connectivity index is 2.10. The third-order valence-corrected chi connectivity index (χ3v) is 1.83. The minimum absolute atomic E-state index is 0.592. The summed E-state index contributed by atoms with van der Waals surface area (Å²) in [5, 5.41) is 3.19. The van der Waals surface area contributed by atoms with Gasteiger partial charge in [0.15, 0.2) is 0 Å². The van der Waals surface area contributed by atoms with Gasteiger partial charge in [-0.3, -0.25) is 0 Å². The smallest absolute Gasteiger partial charge is 0.134 e. The molecule has 0 atom stereocenters. The molecule has 0 bridgehead atoms. The average molecular weight is 183 g/mol. The molecular weight excluding hydrogens is 166 g/mol. The summed E-state index contributed by atoms with van der Waals surface area (Å²) < 4.78 is 7.38. The highest BCUT2D eigenvalue weighted by atomic mass is 16.5. The third-order valence-electron chi connectivity index (χ3n) is 1.83. The van der Waals surface area contributed by atoms with Crippen molar-refractivity contribution in [3.05, 3.63) is 18.2 Å². The Labute approximate surface area is 78.9 Å². The van der Waals surface area contributed by atoms with Gasteiger partial charge >= 0.3 is 0 Å². The molecule has 0 unspecified atom stereocenters. The molecule has 0 radical (unpaired) electrons. The zero-order valence-corrected chi connectivity index (χ0v) is 8.29. The summed E-state index contributed by atoms with van der Waals surface area (Å²) in [6.07, 6.45) is 3.70. The van der Waals surface area contributed by atoms with Crippen LogP contribution in [0.2, 0.25) is 0 Å². The first-order valence-corrected chi connectivity index (χ1v) is 4.59. The Morgan fingerprint density at radius 2 is 2.46 bits per heavy atom. The van der Waals surface area contributed by atoms with Crippen molar-refractivity contribution in [3.63, 3.8) is 0 Å². The quantitative estimate of drug-likeness (QED) is 0.654. The molecule has 1 aromatic rings. The largest absolute Gasteiger partial charge is 0.372 e. The van der Waals surface area contributed by atoms with Crippen LogP contribution in [0.15, 0.2) is 12.4 Å². The standard InChI is InChI=1S/C9H17N3O/c1-3-10-5-7-13-8-9-11-4-6-12(9)2/h4,6,10H,3,5,7-8H2,1-2H3. The Morgan fingerprint density at radius 1 is 1.62 bits per heavy atom. The van der Waals surface area contributed by atoms with Gasteiger partial charge in [0.25, 0.3) is 0 Å². The van der Waals surface area contributed by atoms with E-state index in [0.717, 1.165) is 25.5 Å². The second-order valence-electron chi connectivity index (χ2n) is 2.86. The molecule has 0 amide bonds. The van der Waals surface area contributed by atoms with E-state index in [9.17, 15) is 0 Å². The molecule has 1 aromatic heterocycles. The number of imidazole rings is 1. The molecule has 13 heavy (non-hydrogen) atoms. The van der Waals surface area contributed by atoms with Crippen molar-refractivity contribution in [1.29, 1.82) is 0 Å². The van der Waals surface area contributed by atoms with Gasteiger partial charge in [0.2, 0.25) is 0 Å². The highest BCUT2D eigenvalue weighted by Gasteiger charge is 1.97.